The summed E-state index contributed by atoms with van der Waals surface area (Å²) in [5.74, 6) is 1.66. The van der Waals surface area contributed by atoms with E-state index in [1.54, 1.807) is 6.07 Å². The Morgan fingerprint density at radius 2 is 1.96 bits per heavy atom. The van der Waals surface area contributed by atoms with Crippen LogP contribution in [0.15, 0.2) is 40.9 Å². The molecular weight excluding hydrogens is 370 g/mol. The Morgan fingerprint density at radius 1 is 1.11 bits per heavy atom. The highest BCUT2D eigenvalue weighted by molar-refractivity contribution is 5.96. The lowest BCUT2D eigenvalue weighted by Gasteiger charge is -2.18. The molecule has 3 heterocycles. The van der Waals surface area contributed by atoms with Gasteiger partial charge in [-0.25, -0.2) is 9.97 Å². The number of nitrogens with zero attached hydrogens (tertiary/aromatic N) is 2. The molecule has 0 atom stereocenters. The molecule has 2 aromatic carbocycles. The van der Waals surface area contributed by atoms with Gasteiger partial charge in [0, 0.05) is 5.56 Å². The molecule has 142 valence electrons. The monoisotopic (exact) mass is 384 g/mol. The van der Waals surface area contributed by atoms with Crippen molar-refractivity contribution in [3.8, 4) is 28.7 Å². The molecule has 0 saturated carbocycles. The second-order valence-electron chi connectivity index (χ2n) is 6.38. The minimum absolute atomic E-state index is 0.233. The average molecular weight is 384 g/mol. The van der Waals surface area contributed by atoms with Gasteiger partial charge in [0.15, 0.2) is 11.5 Å². The Labute approximate surface area is 157 Å². The van der Waals surface area contributed by atoms with Gasteiger partial charge in [-0.15, -0.1) is 0 Å². The summed E-state index contributed by atoms with van der Waals surface area (Å²) in [5, 5.41) is 0.799. The molecule has 0 unspecified atom stereocenters. The van der Waals surface area contributed by atoms with E-state index < -0.39 is 6.61 Å². The summed E-state index contributed by atoms with van der Waals surface area (Å²) in [6.07, 6.45) is 1.18. The summed E-state index contributed by atoms with van der Waals surface area (Å²) in [7, 11) is 0. The molecule has 1 aliphatic heterocycles. The van der Waals surface area contributed by atoms with Crippen LogP contribution in [0.1, 0.15) is 5.56 Å². The van der Waals surface area contributed by atoms with E-state index in [0.717, 1.165) is 10.9 Å². The molecule has 5 rings (SSSR count). The minimum atomic E-state index is -2.96. The minimum Gasteiger partial charge on any atom is -0.486 e. The van der Waals surface area contributed by atoms with Gasteiger partial charge in [-0.2, -0.15) is 8.78 Å². The van der Waals surface area contributed by atoms with Crippen LogP contribution in [0.4, 0.5) is 8.78 Å². The maximum absolute atomic E-state index is 12.5. The van der Waals surface area contributed by atoms with Crippen molar-refractivity contribution in [1.82, 2.24) is 9.97 Å². The van der Waals surface area contributed by atoms with Crippen LogP contribution in [0.5, 0.6) is 17.4 Å². The van der Waals surface area contributed by atoms with Crippen LogP contribution in [0.3, 0.4) is 0 Å². The van der Waals surface area contributed by atoms with Crippen LogP contribution >= 0.6 is 0 Å². The fourth-order valence-electron chi connectivity index (χ4n) is 3.34. The Hall–Kier alpha value is -3.42. The third kappa shape index (κ3) is 2.77. The number of halogens is 2. The van der Waals surface area contributed by atoms with Gasteiger partial charge in [0.1, 0.15) is 24.6 Å². The van der Waals surface area contributed by atoms with Crippen molar-refractivity contribution in [3.63, 3.8) is 0 Å². The molecule has 2 aromatic heterocycles. The lowest BCUT2D eigenvalue weighted by atomic mass is 10.1. The molecule has 0 aliphatic carbocycles. The van der Waals surface area contributed by atoms with Crippen molar-refractivity contribution >= 4 is 22.0 Å². The van der Waals surface area contributed by atoms with Gasteiger partial charge in [-0.3, -0.25) is 0 Å². The Bertz CT molecular complexity index is 1210. The number of ether oxygens (including phenoxy) is 3. The first-order chi connectivity index (χ1) is 13.6. The lowest BCUT2D eigenvalue weighted by molar-refractivity contribution is -0.0528. The van der Waals surface area contributed by atoms with Gasteiger partial charge < -0.3 is 18.6 Å². The number of fused-ring (bicyclic) bond motifs is 4. The first-order valence-electron chi connectivity index (χ1n) is 8.63. The largest absolute Gasteiger partial charge is 0.486 e. The number of rotatable bonds is 3. The van der Waals surface area contributed by atoms with Crippen molar-refractivity contribution in [2.24, 2.45) is 0 Å². The number of alkyl halides is 2. The van der Waals surface area contributed by atoms with Crippen molar-refractivity contribution in [2.45, 2.75) is 13.5 Å². The van der Waals surface area contributed by atoms with Gasteiger partial charge in [-0.05, 0) is 42.8 Å². The van der Waals surface area contributed by atoms with E-state index in [0.29, 0.717) is 52.7 Å². The van der Waals surface area contributed by atoms with Gasteiger partial charge in [0.25, 0.3) is 0 Å². The zero-order valence-electron chi connectivity index (χ0n) is 14.7. The average Bonchev–Trinajstić information content (AvgIpc) is 3.11. The topological polar surface area (TPSA) is 66.6 Å². The van der Waals surface area contributed by atoms with Crippen molar-refractivity contribution in [2.75, 3.05) is 13.2 Å². The molecule has 0 radical (unpaired) electrons. The highest BCUT2D eigenvalue weighted by Gasteiger charge is 2.20. The molecule has 0 spiro atoms. The van der Waals surface area contributed by atoms with Crippen LogP contribution in [0.2, 0.25) is 0 Å². The molecule has 0 bridgehead atoms. The molecule has 28 heavy (non-hydrogen) atoms. The second-order valence-corrected chi connectivity index (χ2v) is 6.38. The van der Waals surface area contributed by atoms with E-state index >= 15 is 0 Å². The number of benzene rings is 2. The maximum atomic E-state index is 12.5. The fraction of sp³-hybridized carbons (Fsp3) is 0.200. The number of aromatic nitrogens is 2. The van der Waals surface area contributed by atoms with Gasteiger partial charge in [-0.1, -0.05) is 0 Å². The lowest BCUT2D eigenvalue weighted by Crippen LogP contribution is -2.15. The zero-order chi connectivity index (χ0) is 19.3. The highest BCUT2D eigenvalue weighted by Crippen LogP contribution is 2.42. The van der Waals surface area contributed by atoms with E-state index in [-0.39, 0.29) is 5.88 Å². The molecule has 1 aliphatic rings. The third-order valence-electron chi connectivity index (χ3n) is 4.45. The SMILES string of the molecule is Cc1cc(-c2cc3c4c(ccc3o2)OCCO4)c2ncc(OC(F)F)nc2c1. The maximum Gasteiger partial charge on any atom is 0.388 e. The fourth-order valence-corrected chi connectivity index (χ4v) is 3.34. The van der Waals surface area contributed by atoms with Gasteiger partial charge >= 0.3 is 6.61 Å². The molecule has 8 heteroatoms. The Kier molecular flexibility index (Phi) is 3.78. The van der Waals surface area contributed by atoms with Crippen LogP contribution in [0.25, 0.3) is 33.3 Å². The normalized spacial score (nSPS) is 13.4. The molecule has 0 fully saturated rings. The van der Waals surface area contributed by atoms with E-state index in [4.69, 9.17) is 13.9 Å². The number of furan rings is 1. The number of aryl methyl sites for hydroxylation is 1. The molecule has 4 aromatic rings. The second kappa shape index (κ2) is 6.33. The molecule has 6 nitrogen and oxygen atoms in total. The van der Waals surface area contributed by atoms with Crippen molar-refractivity contribution in [1.29, 1.82) is 0 Å². The summed E-state index contributed by atoms with van der Waals surface area (Å²) in [5.41, 5.74) is 3.20. The molecule has 0 N–H and O–H groups in total. The smallest absolute Gasteiger partial charge is 0.388 e. The van der Waals surface area contributed by atoms with E-state index in [2.05, 4.69) is 14.7 Å². The molecular formula is C20H14F2N2O4. The standard InChI is InChI=1S/C20H14F2N2O4/c1-10-6-11(18-13(7-10)24-17(9-23-18)28-20(21)22)16-8-12-14(27-16)2-3-15-19(12)26-5-4-25-15/h2-3,6-9,20H,4-5H2,1H3. The van der Waals surface area contributed by atoms with Crippen LogP contribution in [-0.2, 0) is 0 Å². The van der Waals surface area contributed by atoms with Crippen LogP contribution < -0.4 is 14.2 Å². The first-order valence-corrected chi connectivity index (χ1v) is 8.63. The molecule has 0 amide bonds. The highest BCUT2D eigenvalue weighted by atomic mass is 19.3. The number of hydrogen-bond acceptors (Lipinski definition) is 6. The van der Waals surface area contributed by atoms with Crippen LogP contribution in [-0.4, -0.2) is 29.8 Å². The van der Waals surface area contributed by atoms with Gasteiger partial charge in [0.05, 0.1) is 22.6 Å². The van der Waals surface area contributed by atoms with Crippen LogP contribution in [0, 0.1) is 6.92 Å². The first kappa shape index (κ1) is 16.7. The summed E-state index contributed by atoms with van der Waals surface area (Å²) < 4.78 is 46.7. The molecule has 0 saturated heterocycles. The van der Waals surface area contributed by atoms with Gasteiger partial charge in [0.2, 0.25) is 5.88 Å². The van der Waals surface area contributed by atoms with E-state index in [1.165, 1.54) is 6.20 Å². The summed E-state index contributed by atoms with van der Waals surface area (Å²) >= 11 is 0. The quantitative estimate of drug-likeness (QED) is 0.509. The predicted molar refractivity (Wildman–Crippen MR) is 97.1 cm³/mol. The zero-order valence-corrected chi connectivity index (χ0v) is 14.7. The summed E-state index contributed by atoms with van der Waals surface area (Å²) in [6, 6.07) is 9.16. The summed E-state index contributed by atoms with van der Waals surface area (Å²) in [6.45, 7) is -0.102. The summed E-state index contributed by atoms with van der Waals surface area (Å²) in [4.78, 5) is 8.41. The number of hydrogen-bond donors (Lipinski definition) is 0. The third-order valence-corrected chi connectivity index (χ3v) is 4.45. The van der Waals surface area contributed by atoms with Crippen molar-refractivity contribution in [3.05, 3.63) is 42.1 Å². The Morgan fingerprint density at radius 3 is 2.82 bits per heavy atom. The predicted octanol–water partition coefficient (Wildman–Crippen LogP) is 4.72. The Balaban J connectivity index is 1.68. The van der Waals surface area contributed by atoms with E-state index in [1.807, 2.05) is 31.2 Å². The van der Waals surface area contributed by atoms with Crippen molar-refractivity contribution < 1.29 is 27.4 Å². The van der Waals surface area contributed by atoms with E-state index in [9.17, 15) is 8.78 Å².